The minimum absolute atomic E-state index is 0.177. The summed E-state index contributed by atoms with van der Waals surface area (Å²) in [4.78, 5) is 0. The minimum Gasteiger partial charge on any atom is -0.169 e. The molecule has 0 aromatic carbocycles. The summed E-state index contributed by atoms with van der Waals surface area (Å²) < 4.78 is 35.0. The van der Waals surface area contributed by atoms with Crippen molar-refractivity contribution < 1.29 is 13.2 Å². The zero-order chi connectivity index (χ0) is 8.54. The predicted octanol–water partition coefficient (Wildman–Crippen LogP) is 3.46. The van der Waals surface area contributed by atoms with Gasteiger partial charge in [-0.2, -0.15) is 13.2 Å². The molecule has 0 spiro atoms. The summed E-state index contributed by atoms with van der Waals surface area (Å²) in [7, 11) is 0. The van der Waals surface area contributed by atoms with E-state index in [9.17, 15) is 13.2 Å². The van der Waals surface area contributed by atoms with Gasteiger partial charge in [0.25, 0.3) is 0 Å². The fourth-order valence-corrected chi connectivity index (χ4v) is 1.73. The summed E-state index contributed by atoms with van der Waals surface area (Å²) >= 11 is 2.74. The Morgan fingerprint density at radius 1 is 1.27 bits per heavy atom. The van der Waals surface area contributed by atoms with Crippen molar-refractivity contribution in [3.8, 4) is 0 Å². The van der Waals surface area contributed by atoms with Crippen LogP contribution in [0.25, 0.3) is 0 Å². The van der Waals surface area contributed by atoms with Crippen molar-refractivity contribution in [3.05, 3.63) is 6.42 Å². The highest BCUT2D eigenvalue weighted by Gasteiger charge is 2.52. The van der Waals surface area contributed by atoms with Gasteiger partial charge in [0, 0.05) is 0 Å². The zero-order valence-electron chi connectivity index (χ0n) is 5.92. The van der Waals surface area contributed by atoms with Crippen molar-refractivity contribution >= 4 is 15.9 Å². The van der Waals surface area contributed by atoms with Gasteiger partial charge in [-0.1, -0.05) is 28.8 Å². The molecular formula is C7H9BrF3. The Hall–Kier alpha value is 0.270. The molecule has 0 aromatic heterocycles. The van der Waals surface area contributed by atoms with Crippen LogP contribution in [0, 0.1) is 6.42 Å². The maximum absolute atomic E-state index is 12.2. The van der Waals surface area contributed by atoms with Crippen molar-refractivity contribution in [3.63, 3.8) is 0 Å². The second-order valence-corrected chi connectivity index (χ2v) is 4.23. The van der Waals surface area contributed by atoms with Crippen molar-refractivity contribution in [1.29, 1.82) is 0 Å². The Morgan fingerprint density at radius 2 is 1.91 bits per heavy atom. The summed E-state index contributed by atoms with van der Waals surface area (Å²) in [6.07, 6.45) is -0.532. The quantitative estimate of drug-likeness (QED) is 0.559. The van der Waals surface area contributed by atoms with Crippen LogP contribution in [0.5, 0.6) is 0 Å². The molecule has 0 heterocycles. The van der Waals surface area contributed by atoms with Crippen LogP contribution in [-0.4, -0.2) is 10.5 Å². The van der Waals surface area contributed by atoms with Crippen LogP contribution in [0.15, 0.2) is 0 Å². The molecule has 0 N–H and O–H groups in total. The smallest absolute Gasteiger partial charge is 0.169 e. The molecule has 1 aliphatic carbocycles. The fourth-order valence-electron chi connectivity index (χ4n) is 1.22. The molecule has 0 bridgehead atoms. The highest BCUT2D eigenvalue weighted by Crippen LogP contribution is 2.47. The number of alkyl halides is 4. The molecule has 4 heteroatoms. The first-order valence-electron chi connectivity index (χ1n) is 3.56. The van der Waals surface area contributed by atoms with Crippen molar-refractivity contribution in [2.24, 2.45) is 0 Å². The lowest BCUT2D eigenvalue weighted by Crippen LogP contribution is -2.41. The number of halogens is 4. The molecule has 1 radical (unpaired) electrons. The van der Waals surface area contributed by atoms with E-state index in [-0.39, 0.29) is 6.42 Å². The molecule has 0 saturated heterocycles. The third-order valence-electron chi connectivity index (χ3n) is 1.93. The lowest BCUT2D eigenvalue weighted by Gasteiger charge is -2.32. The van der Waals surface area contributed by atoms with E-state index in [1.165, 1.54) is 6.42 Å². The van der Waals surface area contributed by atoms with E-state index in [1.54, 1.807) is 0 Å². The Kier molecular flexibility index (Phi) is 2.52. The summed E-state index contributed by atoms with van der Waals surface area (Å²) in [6, 6.07) is 0. The number of rotatable bonds is 0. The summed E-state index contributed by atoms with van der Waals surface area (Å²) in [5, 5.41) is 0. The average molecular weight is 230 g/mol. The average Bonchev–Trinajstić information content (AvgIpc) is 1.87. The first-order valence-corrected chi connectivity index (χ1v) is 4.35. The Labute approximate surface area is 72.3 Å². The summed E-state index contributed by atoms with van der Waals surface area (Å²) in [5.74, 6) is 0. The van der Waals surface area contributed by atoms with Gasteiger partial charge in [0.05, 0.1) is 0 Å². The van der Waals surface area contributed by atoms with Gasteiger partial charge in [0.1, 0.15) is 4.32 Å². The van der Waals surface area contributed by atoms with Gasteiger partial charge in [-0.15, -0.1) is 0 Å². The Morgan fingerprint density at radius 3 is 2.18 bits per heavy atom. The summed E-state index contributed by atoms with van der Waals surface area (Å²) in [5.41, 5.74) is 0. The largest absolute Gasteiger partial charge is 0.404 e. The number of hydrogen-bond acceptors (Lipinski definition) is 0. The van der Waals surface area contributed by atoms with E-state index in [0.29, 0.717) is 12.8 Å². The van der Waals surface area contributed by atoms with Crippen LogP contribution in [-0.2, 0) is 0 Å². The van der Waals surface area contributed by atoms with Crippen LogP contribution in [0.1, 0.15) is 25.7 Å². The standard InChI is InChI=1S/C7H9BrF3/c8-6(7(9,10)11)4-2-1-3-5-6/h4H,1-3,5H2. The fraction of sp³-hybridized carbons (Fsp3) is 0.857. The topological polar surface area (TPSA) is 0 Å². The summed E-state index contributed by atoms with van der Waals surface area (Å²) in [6.45, 7) is 0. The maximum Gasteiger partial charge on any atom is 0.404 e. The maximum atomic E-state index is 12.2. The lowest BCUT2D eigenvalue weighted by molar-refractivity contribution is -0.153. The van der Waals surface area contributed by atoms with Crippen LogP contribution in [0.2, 0.25) is 0 Å². The van der Waals surface area contributed by atoms with Crippen molar-refractivity contribution in [2.75, 3.05) is 0 Å². The highest BCUT2D eigenvalue weighted by atomic mass is 79.9. The molecular weight excluding hydrogens is 221 g/mol. The molecule has 1 rings (SSSR count). The molecule has 1 fully saturated rings. The first kappa shape index (κ1) is 9.36. The molecule has 0 nitrogen and oxygen atoms in total. The predicted molar refractivity (Wildman–Crippen MR) is 40.5 cm³/mol. The molecule has 1 unspecified atom stereocenters. The SMILES string of the molecule is FC(F)(F)C1(Br)[CH]CCCC1. The number of hydrogen-bond donors (Lipinski definition) is 0. The van der Waals surface area contributed by atoms with Crippen molar-refractivity contribution in [1.82, 2.24) is 0 Å². The molecule has 0 amide bonds. The third kappa shape index (κ3) is 1.89. The molecule has 1 aliphatic rings. The third-order valence-corrected chi connectivity index (χ3v) is 3.10. The molecule has 0 aromatic rings. The molecule has 0 aliphatic heterocycles. The van der Waals surface area contributed by atoms with Gasteiger partial charge in [-0.05, 0) is 19.3 Å². The normalized spacial score (nSPS) is 25.1. The van der Waals surface area contributed by atoms with Gasteiger partial charge in [-0.3, -0.25) is 0 Å². The van der Waals surface area contributed by atoms with Gasteiger partial charge in [-0.25, -0.2) is 0 Å². The Balaban J connectivity index is 2.64. The van der Waals surface area contributed by atoms with E-state index < -0.39 is 10.5 Å². The molecule has 65 valence electrons. The molecule has 1 atom stereocenters. The first-order chi connectivity index (χ1) is 4.96. The Bertz CT molecular complexity index is 135. The van der Waals surface area contributed by atoms with E-state index >= 15 is 0 Å². The van der Waals surface area contributed by atoms with Gasteiger partial charge >= 0.3 is 6.18 Å². The van der Waals surface area contributed by atoms with Gasteiger partial charge < -0.3 is 0 Å². The van der Waals surface area contributed by atoms with Crippen LogP contribution < -0.4 is 0 Å². The highest BCUT2D eigenvalue weighted by molar-refractivity contribution is 9.10. The van der Waals surface area contributed by atoms with Crippen molar-refractivity contribution in [2.45, 2.75) is 36.2 Å². The second-order valence-electron chi connectivity index (χ2n) is 2.81. The van der Waals surface area contributed by atoms with E-state index in [2.05, 4.69) is 15.9 Å². The van der Waals surface area contributed by atoms with Crippen LogP contribution in [0.3, 0.4) is 0 Å². The van der Waals surface area contributed by atoms with E-state index in [4.69, 9.17) is 0 Å². The monoisotopic (exact) mass is 229 g/mol. The van der Waals surface area contributed by atoms with Gasteiger partial charge in [0.2, 0.25) is 0 Å². The van der Waals surface area contributed by atoms with Crippen LogP contribution in [0.4, 0.5) is 13.2 Å². The van der Waals surface area contributed by atoms with E-state index in [1.807, 2.05) is 0 Å². The van der Waals surface area contributed by atoms with E-state index in [0.717, 1.165) is 6.42 Å². The minimum atomic E-state index is -4.13. The van der Waals surface area contributed by atoms with Gasteiger partial charge in [0.15, 0.2) is 0 Å². The van der Waals surface area contributed by atoms with Crippen LogP contribution >= 0.6 is 15.9 Å². The zero-order valence-corrected chi connectivity index (χ0v) is 7.50. The lowest BCUT2D eigenvalue weighted by atomic mass is 9.88. The second kappa shape index (κ2) is 2.96. The molecule has 1 saturated carbocycles. The molecule has 11 heavy (non-hydrogen) atoms.